The Morgan fingerprint density at radius 1 is 1.31 bits per heavy atom. The number of halogens is 3. The standard InChI is InChI=1S/C9H11F3N4/c10-9(11,12)7-1-2-8(15-14-7)16-4-3-6(13)5-16/h1-2,6H,3-5,13H2. The molecule has 0 amide bonds. The number of nitrogens with zero attached hydrogens (tertiary/aromatic N) is 3. The Kier molecular flexibility index (Phi) is 2.71. The van der Waals surface area contributed by atoms with Crippen LogP contribution in [0.15, 0.2) is 12.1 Å². The Bertz CT molecular complexity index is 362. The van der Waals surface area contributed by atoms with Crippen LogP contribution in [-0.2, 0) is 6.18 Å². The van der Waals surface area contributed by atoms with Crippen molar-refractivity contribution in [1.29, 1.82) is 0 Å². The Morgan fingerprint density at radius 2 is 2.06 bits per heavy atom. The summed E-state index contributed by atoms with van der Waals surface area (Å²) < 4.78 is 36.7. The lowest BCUT2D eigenvalue weighted by Gasteiger charge is -2.16. The number of hydrogen-bond acceptors (Lipinski definition) is 4. The van der Waals surface area contributed by atoms with Gasteiger partial charge in [-0.1, -0.05) is 0 Å². The van der Waals surface area contributed by atoms with Gasteiger partial charge in [0.2, 0.25) is 0 Å². The van der Waals surface area contributed by atoms with E-state index >= 15 is 0 Å². The lowest BCUT2D eigenvalue weighted by atomic mass is 10.3. The van der Waals surface area contributed by atoms with Gasteiger partial charge >= 0.3 is 6.18 Å². The van der Waals surface area contributed by atoms with Crippen molar-refractivity contribution in [2.75, 3.05) is 18.0 Å². The molecule has 1 fully saturated rings. The average Bonchev–Trinajstić information content (AvgIpc) is 2.64. The first kappa shape index (κ1) is 11.1. The molecule has 0 saturated carbocycles. The topological polar surface area (TPSA) is 55.0 Å². The molecule has 0 spiro atoms. The van der Waals surface area contributed by atoms with Gasteiger partial charge in [-0.25, -0.2) is 0 Å². The van der Waals surface area contributed by atoms with Crippen molar-refractivity contribution < 1.29 is 13.2 Å². The first-order valence-electron chi connectivity index (χ1n) is 4.88. The summed E-state index contributed by atoms with van der Waals surface area (Å²) in [5.41, 5.74) is 4.72. The Labute approximate surface area is 90.3 Å². The molecule has 1 unspecified atom stereocenters. The number of anilines is 1. The van der Waals surface area contributed by atoms with Gasteiger partial charge < -0.3 is 10.6 Å². The number of hydrogen-bond donors (Lipinski definition) is 1. The van der Waals surface area contributed by atoms with Crippen LogP contribution in [-0.4, -0.2) is 29.3 Å². The maximum Gasteiger partial charge on any atom is 0.435 e. The van der Waals surface area contributed by atoms with Gasteiger partial charge in [0.15, 0.2) is 11.5 Å². The van der Waals surface area contributed by atoms with Gasteiger partial charge in [0, 0.05) is 19.1 Å². The first-order valence-corrected chi connectivity index (χ1v) is 4.88. The maximum atomic E-state index is 12.2. The van der Waals surface area contributed by atoms with Crippen molar-refractivity contribution in [1.82, 2.24) is 10.2 Å². The van der Waals surface area contributed by atoms with Crippen molar-refractivity contribution >= 4 is 5.82 Å². The second-order valence-corrected chi connectivity index (χ2v) is 3.77. The summed E-state index contributed by atoms with van der Waals surface area (Å²) in [6, 6.07) is 2.32. The van der Waals surface area contributed by atoms with Gasteiger partial charge in [0.05, 0.1) is 0 Å². The number of nitrogens with two attached hydrogens (primary N) is 1. The van der Waals surface area contributed by atoms with E-state index < -0.39 is 11.9 Å². The molecule has 88 valence electrons. The third kappa shape index (κ3) is 2.24. The van der Waals surface area contributed by atoms with E-state index in [9.17, 15) is 13.2 Å². The van der Waals surface area contributed by atoms with Gasteiger partial charge in [0.1, 0.15) is 0 Å². The van der Waals surface area contributed by atoms with E-state index in [1.165, 1.54) is 6.07 Å². The highest BCUT2D eigenvalue weighted by Gasteiger charge is 2.33. The predicted octanol–water partition coefficient (Wildman–Crippen LogP) is 1.03. The first-order chi connectivity index (χ1) is 7.47. The van der Waals surface area contributed by atoms with Crippen LogP contribution >= 0.6 is 0 Å². The second-order valence-electron chi connectivity index (χ2n) is 3.77. The molecular formula is C9H11F3N4. The van der Waals surface area contributed by atoms with Crippen molar-refractivity contribution in [2.24, 2.45) is 5.73 Å². The van der Waals surface area contributed by atoms with Gasteiger partial charge in [-0.3, -0.25) is 0 Å². The van der Waals surface area contributed by atoms with E-state index in [4.69, 9.17) is 5.73 Å². The molecule has 0 aliphatic carbocycles. The van der Waals surface area contributed by atoms with Crippen molar-refractivity contribution in [2.45, 2.75) is 18.6 Å². The van der Waals surface area contributed by atoms with E-state index in [0.29, 0.717) is 18.9 Å². The molecule has 1 aromatic rings. The molecule has 1 atom stereocenters. The van der Waals surface area contributed by atoms with Gasteiger partial charge in [-0.2, -0.15) is 13.2 Å². The summed E-state index contributed by atoms with van der Waals surface area (Å²) in [4.78, 5) is 1.83. The van der Waals surface area contributed by atoms with E-state index in [1.54, 1.807) is 0 Å². The lowest BCUT2D eigenvalue weighted by Crippen LogP contribution is -2.27. The molecular weight excluding hydrogens is 221 g/mol. The van der Waals surface area contributed by atoms with Crippen molar-refractivity contribution in [3.8, 4) is 0 Å². The summed E-state index contributed by atoms with van der Waals surface area (Å²) in [7, 11) is 0. The highest BCUT2D eigenvalue weighted by atomic mass is 19.4. The Morgan fingerprint density at radius 3 is 2.50 bits per heavy atom. The monoisotopic (exact) mass is 232 g/mol. The summed E-state index contributed by atoms with van der Waals surface area (Å²) >= 11 is 0. The van der Waals surface area contributed by atoms with E-state index in [2.05, 4.69) is 10.2 Å². The van der Waals surface area contributed by atoms with Crippen molar-refractivity contribution in [3.05, 3.63) is 17.8 Å². The highest BCUT2D eigenvalue weighted by Crippen LogP contribution is 2.27. The molecule has 2 rings (SSSR count). The molecule has 16 heavy (non-hydrogen) atoms. The SMILES string of the molecule is NC1CCN(c2ccc(C(F)(F)F)nn2)C1. The van der Waals surface area contributed by atoms with E-state index in [1.807, 2.05) is 4.90 Å². The third-order valence-corrected chi connectivity index (χ3v) is 2.49. The zero-order chi connectivity index (χ0) is 11.8. The molecule has 0 aromatic carbocycles. The minimum atomic E-state index is -4.44. The minimum Gasteiger partial charge on any atom is -0.354 e. The van der Waals surface area contributed by atoms with Crippen LogP contribution in [0.5, 0.6) is 0 Å². The van der Waals surface area contributed by atoms with Crippen LogP contribution in [0.25, 0.3) is 0 Å². The summed E-state index contributed by atoms with van der Waals surface area (Å²) in [5, 5.41) is 6.72. The normalized spacial score (nSPS) is 21.5. The van der Waals surface area contributed by atoms with E-state index in [0.717, 1.165) is 12.5 Å². The fourth-order valence-corrected chi connectivity index (χ4v) is 1.64. The van der Waals surface area contributed by atoms with Crippen LogP contribution in [0, 0.1) is 0 Å². The molecule has 0 bridgehead atoms. The predicted molar refractivity (Wildman–Crippen MR) is 51.8 cm³/mol. The fourth-order valence-electron chi connectivity index (χ4n) is 1.64. The van der Waals surface area contributed by atoms with Crippen LogP contribution in [0.2, 0.25) is 0 Å². The minimum absolute atomic E-state index is 0.0593. The fraction of sp³-hybridized carbons (Fsp3) is 0.556. The quantitative estimate of drug-likeness (QED) is 0.785. The molecule has 1 aromatic heterocycles. The molecule has 2 N–H and O–H groups in total. The smallest absolute Gasteiger partial charge is 0.354 e. The van der Waals surface area contributed by atoms with Gasteiger partial charge in [0.25, 0.3) is 0 Å². The number of aromatic nitrogens is 2. The Balaban J connectivity index is 2.14. The summed E-state index contributed by atoms with van der Waals surface area (Å²) in [5.74, 6) is 0.445. The summed E-state index contributed by atoms with van der Waals surface area (Å²) in [6.07, 6.45) is -3.62. The molecule has 4 nitrogen and oxygen atoms in total. The van der Waals surface area contributed by atoms with Crippen LogP contribution in [0.1, 0.15) is 12.1 Å². The highest BCUT2D eigenvalue weighted by molar-refractivity contribution is 5.39. The summed E-state index contributed by atoms with van der Waals surface area (Å²) in [6.45, 7) is 1.32. The molecule has 1 aliphatic rings. The molecule has 2 heterocycles. The average molecular weight is 232 g/mol. The van der Waals surface area contributed by atoms with Gasteiger partial charge in [-0.05, 0) is 18.6 Å². The molecule has 1 saturated heterocycles. The Hall–Kier alpha value is -1.37. The van der Waals surface area contributed by atoms with Crippen molar-refractivity contribution in [3.63, 3.8) is 0 Å². The maximum absolute atomic E-state index is 12.2. The molecule has 0 radical (unpaired) electrons. The second kappa shape index (κ2) is 3.89. The lowest BCUT2D eigenvalue weighted by molar-refractivity contribution is -0.141. The largest absolute Gasteiger partial charge is 0.435 e. The number of alkyl halides is 3. The van der Waals surface area contributed by atoms with E-state index in [-0.39, 0.29) is 6.04 Å². The zero-order valence-electron chi connectivity index (χ0n) is 8.41. The third-order valence-electron chi connectivity index (χ3n) is 2.49. The van der Waals surface area contributed by atoms with Crippen LogP contribution in [0.3, 0.4) is 0 Å². The molecule has 1 aliphatic heterocycles. The number of rotatable bonds is 1. The van der Waals surface area contributed by atoms with Gasteiger partial charge in [-0.15, -0.1) is 10.2 Å². The zero-order valence-corrected chi connectivity index (χ0v) is 8.41. The molecule has 7 heteroatoms. The van der Waals surface area contributed by atoms with Crippen LogP contribution < -0.4 is 10.6 Å². The van der Waals surface area contributed by atoms with Crippen LogP contribution in [0.4, 0.5) is 19.0 Å².